The van der Waals surface area contributed by atoms with Crippen molar-refractivity contribution in [2.45, 2.75) is 51.6 Å². The van der Waals surface area contributed by atoms with Crippen LogP contribution in [0, 0.1) is 0 Å². The van der Waals surface area contributed by atoms with E-state index in [1.807, 2.05) is 6.92 Å². The minimum absolute atomic E-state index is 0.469. The molecular formula is C13H25NO3. The van der Waals surface area contributed by atoms with E-state index in [1.54, 1.807) is 0 Å². The summed E-state index contributed by atoms with van der Waals surface area (Å²) < 4.78 is 5.22. The zero-order valence-corrected chi connectivity index (χ0v) is 10.9. The molecule has 4 nitrogen and oxygen atoms in total. The Morgan fingerprint density at radius 1 is 1.24 bits per heavy atom. The Bertz CT molecular complexity index is 213. The van der Waals surface area contributed by atoms with Crippen molar-refractivity contribution in [3.63, 3.8) is 0 Å². The molecule has 4 heteroatoms. The van der Waals surface area contributed by atoms with Crippen molar-refractivity contribution in [1.82, 2.24) is 4.90 Å². The summed E-state index contributed by atoms with van der Waals surface area (Å²) in [5, 5.41) is 8.99. The molecule has 0 aliphatic carbocycles. The molecule has 0 radical (unpaired) electrons. The van der Waals surface area contributed by atoms with Gasteiger partial charge in [0.1, 0.15) is 0 Å². The third kappa shape index (κ3) is 6.03. The van der Waals surface area contributed by atoms with Crippen LogP contribution in [0.2, 0.25) is 0 Å². The molecule has 0 aromatic rings. The second kappa shape index (κ2) is 8.48. The van der Waals surface area contributed by atoms with Crippen molar-refractivity contribution >= 4 is 5.97 Å². The Morgan fingerprint density at radius 3 is 2.35 bits per heavy atom. The van der Waals surface area contributed by atoms with E-state index < -0.39 is 12.1 Å². The standard InChI is InChI=1S/C13H25NO3/c1-2-17-12(13(15)16)8-11-14-9-6-4-3-5-7-10-14/h12H,2-11H2,1H3,(H,15,16). The minimum Gasteiger partial charge on any atom is -0.479 e. The Balaban J connectivity index is 2.27. The fourth-order valence-corrected chi connectivity index (χ4v) is 2.32. The maximum Gasteiger partial charge on any atom is 0.332 e. The number of aliphatic carboxylic acids is 1. The monoisotopic (exact) mass is 243 g/mol. The molecule has 1 rings (SSSR count). The van der Waals surface area contributed by atoms with Crippen molar-refractivity contribution in [3.8, 4) is 0 Å². The van der Waals surface area contributed by atoms with E-state index in [2.05, 4.69) is 4.90 Å². The molecule has 0 aromatic carbocycles. The number of carboxylic acid groups (broad SMARTS) is 1. The van der Waals surface area contributed by atoms with Crippen molar-refractivity contribution in [1.29, 1.82) is 0 Å². The Labute approximate surface area is 104 Å². The van der Waals surface area contributed by atoms with Crippen LogP contribution in [-0.2, 0) is 9.53 Å². The largest absolute Gasteiger partial charge is 0.479 e. The lowest BCUT2D eigenvalue weighted by atomic mass is 10.1. The number of hydrogen-bond donors (Lipinski definition) is 1. The lowest BCUT2D eigenvalue weighted by Crippen LogP contribution is -2.33. The highest BCUT2D eigenvalue weighted by Gasteiger charge is 2.18. The number of ether oxygens (including phenoxy) is 1. The predicted octanol–water partition coefficient (Wildman–Crippen LogP) is 2.13. The topological polar surface area (TPSA) is 49.8 Å². The summed E-state index contributed by atoms with van der Waals surface area (Å²) in [4.78, 5) is 13.3. The van der Waals surface area contributed by atoms with Crippen LogP contribution in [0.1, 0.15) is 45.4 Å². The van der Waals surface area contributed by atoms with Crippen molar-refractivity contribution in [2.75, 3.05) is 26.2 Å². The molecule has 1 unspecified atom stereocenters. The first kappa shape index (κ1) is 14.5. The van der Waals surface area contributed by atoms with Gasteiger partial charge in [-0.1, -0.05) is 19.3 Å². The van der Waals surface area contributed by atoms with Crippen LogP contribution in [0.25, 0.3) is 0 Å². The molecule has 1 saturated heterocycles. The van der Waals surface area contributed by atoms with E-state index in [0.717, 1.165) is 19.6 Å². The van der Waals surface area contributed by atoms with Crippen molar-refractivity contribution in [2.24, 2.45) is 0 Å². The Morgan fingerprint density at radius 2 is 1.82 bits per heavy atom. The van der Waals surface area contributed by atoms with Gasteiger partial charge in [0.05, 0.1) is 0 Å². The van der Waals surface area contributed by atoms with Crippen LogP contribution in [0.4, 0.5) is 0 Å². The van der Waals surface area contributed by atoms with Gasteiger partial charge < -0.3 is 14.7 Å². The lowest BCUT2D eigenvalue weighted by molar-refractivity contribution is -0.150. The zero-order chi connectivity index (χ0) is 12.5. The average Bonchev–Trinajstić information content (AvgIpc) is 2.25. The van der Waals surface area contributed by atoms with E-state index in [9.17, 15) is 4.79 Å². The van der Waals surface area contributed by atoms with Gasteiger partial charge in [0.25, 0.3) is 0 Å². The van der Waals surface area contributed by atoms with Crippen molar-refractivity contribution < 1.29 is 14.6 Å². The molecule has 1 fully saturated rings. The lowest BCUT2D eigenvalue weighted by Gasteiger charge is -2.25. The normalized spacial score (nSPS) is 20.5. The highest BCUT2D eigenvalue weighted by Crippen LogP contribution is 2.11. The van der Waals surface area contributed by atoms with Gasteiger partial charge in [0.15, 0.2) is 6.10 Å². The highest BCUT2D eigenvalue weighted by atomic mass is 16.5. The van der Waals surface area contributed by atoms with Gasteiger partial charge >= 0.3 is 5.97 Å². The van der Waals surface area contributed by atoms with E-state index in [0.29, 0.717) is 13.0 Å². The molecule has 100 valence electrons. The van der Waals surface area contributed by atoms with E-state index in [-0.39, 0.29) is 0 Å². The van der Waals surface area contributed by atoms with Gasteiger partial charge in [0, 0.05) is 13.2 Å². The first-order valence-electron chi connectivity index (χ1n) is 6.80. The Hall–Kier alpha value is -0.610. The van der Waals surface area contributed by atoms with E-state index >= 15 is 0 Å². The molecule has 0 amide bonds. The molecule has 0 saturated carbocycles. The average molecular weight is 243 g/mol. The second-order valence-corrected chi connectivity index (χ2v) is 4.68. The maximum absolute atomic E-state index is 10.9. The van der Waals surface area contributed by atoms with Gasteiger partial charge in [-0.05, 0) is 39.3 Å². The maximum atomic E-state index is 10.9. The molecule has 0 spiro atoms. The summed E-state index contributed by atoms with van der Waals surface area (Å²) in [7, 11) is 0. The number of rotatable bonds is 6. The van der Waals surface area contributed by atoms with Crippen LogP contribution < -0.4 is 0 Å². The summed E-state index contributed by atoms with van der Waals surface area (Å²) in [5.41, 5.74) is 0. The Kier molecular flexibility index (Phi) is 7.21. The molecular weight excluding hydrogens is 218 g/mol. The summed E-state index contributed by atoms with van der Waals surface area (Å²) >= 11 is 0. The van der Waals surface area contributed by atoms with Gasteiger partial charge in [-0.25, -0.2) is 4.79 Å². The zero-order valence-electron chi connectivity index (χ0n) is 10.9. The first-order valence-corrected chi connectivity index (χ1v) is 6.80. The SMILES string of the molecule is CCOC(CCN1CCCCCCC1)C(=O)O. The van der Waals surface area contributed by atoms with Crippen LogP contribution in [0.15, 0.2) is 0 Å². The minimum atomic E-state index is -0.834. The highest BCUT2D eigenvalue weighted by molar-refractivity contribution is 5.72. The predicted molar refractivity (Wildman–Crippen MR) is 67.2 cm³/mol. The number of carboxylic acids is 1. The van der Waals surface area contributed by atoms with Crippen LogP contribution in [-0.4, -0.2) is 48.3 Å². The van der Waals surface area contributed by atoms with Crippen molar-refractivity contribution in [3.05, 3.63) is 0 Å². The van der Waals surface area contributed by atoms with Crippen LogP contribution in [0.3, 0.4) is 0 Å². The third-order valence-electron chi connectivity index (χ3n) is 3.30. The summed E-state index contributed by atoms with van der Waals surface area (Å²) in [6.45, 7) is 5.37. The second-order valence-electron chi connectivity index (χ2n) is 4.68. The number of nitrogens with zero attached hydrogens (tertiary/aromatic N) is 1. The molecule has 17 heavy (non-hydrogen) atoms. The van der Waals surface area contributed by atoms with E-state index in [1.165, 1.54) is 32.1 Å². The van der Waals surface area contributed by atoms with Crippen LogP contribution in [0.5, 0.6) is 0 Å². The van der Waals surface area contributed by atoms with Crippen LogP contribution >= 0.6 is 0 Å². The van der Waals surface area contributed by atoms with Gasteiger partial charge in [0.2, 0.25) is 0 Å². The number of hydrogen-bond acceptors (Lipinski definition) is 3. The summed E-state index contributed by atoms with van der Waals surface area (Å²) in [5.74, 6) is -0.834. The summed E-state index contributed by atoms with van der Waals surface area (Å²) in [6, 6.07) is 0. The quantitative estimate of drug-likeness (QED) is 0.776. The molecule has 1 N–H and O–H groups in total. The molecule has 1 atom stereocenters. The number of likely N-dealkylation sites (tertiary alicyclic amines) is 1. The fourth-order valence-electron chi connectivity index (χ4n) is 2.32. The molecule has 0 aromatic heterocycles. The fraction of sp³-hybridized carbons (Fsp3) is 0.923. The number of carbonyl (C=O) groups is 1. The first-order chi connectivity index (χ1) is 8.24. The van der Waals surface area contributed by atoms with E-state index in [4.69, 9.17) is 9.84 Å². The van der Waals surface area contributed by atoms with Gasteiger partial charge in [-0.15, -0.1) is 0 Å². The van der Waals surface area contributed by atoms with Gasteiger partial charge in [-0.2, -0.15) is 0 Å². The molecule has 1 aliphatic heterocycles. The summed E-state index contributed by atoms with van der Waals surface area (Å²) in [6.07, 6.45) is 6.42. The molecule has 0 bridgehead atoms. The molecule has 1 aliphatic rings. The van der Waals surface area contributed by atoms with Gasteiger partial charge in [-0.3, -0.25) is 0 Å². The smallest absolute Gasteiger partial charge is 0.332 e. The molecule has 1 heterocycles. The third-order valence-corrected chi connectivity index (χ3v) is 3.30.